The maximum Gasteiger partial charge on any atom is 0.229 e. The van der Waals surface area contributed by atoms with Gasteiger partial charge in [-0.15, -0.1) is 0 Å². The van der Waals surface area contributed by atoms with Crippen molar-refractivity contribution < 1.29 is 0 Å². The van der Waals surface area contributed by atoms with Crippen LogP contribution in [0, 0.1) is 0 Å². The van der Waals surface area contributed by atoms with Gasteiger partial charge in [-0.2, -0.15) is 0 Å². The first-order valence-corrected chi connectivity index (χ1v) is 4.64. The lowest BCUT2D eigenvalue weighted by molar-refractivity contribution is 1.04. The molecule has 0 amide bonds. The van der Waals surface area contributed by atoms with Gasteiger partial charge in [0.15, 0.2) is 0 Å². The number of anilines is 3. The molecule has 0 aliphatic heterocycles. The Morgan fingerprint density at radius 1 is 1.07 bits per heavy atom. The van der Waals surface area contributed by atoms with Crippen LogP contribution in [0.2, 0.25) is 0 Å². The molecule has 2 aromatic rings. The van der Waals surface area contributed by atoms with Crippen molar-refractivity contribution in [3.63, 3.8) is 0 Å². The van der Waals surface area contributed by atoms with E-state index in [2.05, 4.69) is 9.97 Å². The van der Waals surface area contributed by atoms with Crippen LogP contribution in [0.25, 0.3) is 0 Å². The lowest BCUT2D eigenvalue weighted by Gasteiger charge is -2.18. The van der Waals surface area contributed by atoms with Gasteiger partial charge in [0, 0.05) is 19.4 Å². The van der Waals surface area contributed by atoms with Crippen molar-refractivity contribution >= 4 is 17.3 Å². The monoisotopic (exact) mass is 200 g/mol. The Morgan fingerprint density at radius 2 is 1.73 bits per heavy atom. The van der Waals surface area contributed by atoms with Crippen molar-refractivity contribution in [2.75, 3.05) is 17.7 Å². The third-order valence-corrected chi connectivity index (χ3v) is 2.15. The molecule has 76 valence electrons. The number of benzene rings is 1. The van der Waals surface area contributed by atoms with Crippen LogP contribution in [0.15, 0.2) is 42.7 Å². The number of nitrogens with zero attached hydrogens (tertiary/aromatic N) is 3. The van der Waals surface area contributed by atoms with Gasteiger partial charge in [0.05, 0.1) is 11.4 Å². The van der Waals surface area contributed by atoms with Crippen molar-refractivity contribution in [1.82, 2.24) is 9.97 Å². The van der Waals surface area contributed by atoms with Crippen LogP contribution in [-0.2, 0) is 0 Å². The van der Waals surface area contributed by atoms with Crippen molar-refractivity contribution in [1.29, 1.82) is 0 Å². The summed E-state index contributed by atoms with van der Waals surface area (Å²) in [6, 6.07) is 9.41. The SMILES string of the molecule is CN(c1ncccn1)c1ccccc1N. The summed E-state index contributed by atoms with van der Waals surface area (Å²) in [6.07, 6.45) is 3.41. The first-order chi connectivity index (χ1) is 7.29. The van der Waals surface area contributed by atoms with E-state index in [0.717, 1.165) is 5.69 Å². The summed E-state index contributed by atoms with van der Waals surface area (Å²) in [6.45, 7) is 0. The minimum absolute atomic E-state index is 0.635. The Kier molecular flexibility index (Phi) is 2.49. The molecule has 0 aliphatic carbocycles. The average molecular weight is 200 g/mol. The molecule has 4 heteroatoms. The van der Waals surface area contributed by atoms with Crippen molar-refractivity contribution in [3.05, 3.63) is 42.7 Å². The van der Waals surface area contributed by atoms with Crippen molar-refractivity contribution in [3.8, 4) is 0 Å². The first-order valence-electron chi connectivity index (χ1n) is 4.64. The average Bonchev–Trinajstić information content (AvgIpc) is 2.30. The van der Waals surface area contributed by atoms with Gasteiger partial charge in [0.25, 0.3) is 0 Å². The summed E-state index contributed by atoms with van der Waals surface area (Å²) < 4.78 is 0. The Balaban J connectivity index is 2.37. The molecule has 0 radical (unpaired) electrons. The molecule has 1 aromatic heterocycles. The standard InChI is InChI=1S/C11H12N4/c1-15(11-13-7-4-8-14-11)10-6-3-2-5-9(10)12/h2-8H,12H2,1H3. The number of nitrogens with two attached hydrogens (primary N) is 1. The number of hydrogen-bond donors (Lipinski definition) is 1. The summed E-state index contributed by atoms with van der Waals surface area (Å²) in [5.41, 5.74) is 7.48. The highest BCUT2D eigenvalue weighted by Gasteiger charge is 2.07. The quantitative estimate of drug-likeness (QED) is 0.751. The molecule has 0 aliphatic rings. The minimum Gasteiger partial charge on any atom is -0.397 e. The molecule has 0 atom stereocenters. The van der Waals surface area contributed by atoms with E-state index in [9.17, 15) is 0 Å². The summed E-state index contributed by atoms with van der Waals surface area (Å²) in [5, 5.41) is 0. The topological polar surface area (TPSA) is 55.0 Å². The van der Waals surface area contributed by atoms with Gasteiger partial charge in [-0.1, -0.05) is 12.1 Å². The summed E-state index contributed by atoms with van der Waals surface area (Å²) in [4.78, 5) is 10.2. The normalized spacial score (nSPS) is 9.93. The number of rotatable bonds is 2. The second-order valence-electron chi connectivity index (χ2n) is 3.17. The summed E-state index contributed by atoms with van der Waals surface area (Å²) >= 11 is 0. The molecule has 0 fully saturated rings. The highest BCUT2D eigenvalue weighted by Crippen LogP contribution is 2.25. The van der Waals surface area contributed by atoms with Crippen molar-refractivity contribution in [2.24, 2.45) is 0 Å². The molecule has 0 bridgehead atoms. The molecule has 1 aromatic carbocycles. The van der Waals surface area contributed by atoms with E-state index in [1.54, 1.807) is 18.5 Å². The lowest BCUT2D eigenvalue weighted by atomic mass is 10.2. The predicted octanol–water partition coefficient (Wildman–Crippen LogP) is 1.83. The molecule has 2 rings (SSSR count). The molecule has 0 unspecified atom stereocenters. The van der Waals surface area contributed by atoms with Crippen LogP contribution in [0.1, 0.15) is 0 Å². The van der Waals surface area contributed by atoms with Crippen LogP contribution in [0.3, 0.4) is 0 Å². The maximum absolute atomic E-state index is 5.86. The van der Waals surface area contributed by atoms with Gasteiger partial charge in [0.2, 0.25) is 5.95 Å². The summed E-state index contributed by atoms with van der Waals surface area (Å²) in [5.74, 6) is 0.635. The zero-order chi connectivity index (χ0) is 10.7. The second-order valence-corrected chi connectivity index (χ2v) is 3.17. The largest absolute Gasteiger partial charge is 0.397 e. The minimum atomic E-state index is 0.635. The molecular weight excluding hydrogens is 188 g/mol. The Morgan fingerprint density at radius 3 is 2.40 bits per heavy atom. The van der Waals surface area contributed by atoms with Crippen molar-refractivity contribution in [2.45, 2.75) is 0 Å². The van der Waals surface area contributed by atoms with Gasteiger partial charge in [-0.3, -0.25) is 0 Å². The van der Waals surface area contributed by atoms with Gasteiger partial charge < -0.3 is 10.6 Å². The zero-order valence-corrected chi connectivity index (χ0v) is 8.46. The third-order valence-electron chi connectivity index (χ3n) is 2.15. The van der Waals surface area contributed by atoms with Crippen LogP contribution in [-0.4, -0.2) is 17.0 Å². The molecule has 0 saturated heterocycles. The zero-order valence-electron chi connectivity index (χ0n) is 8.46. The van der Waals surface area contributed by atoms with Gasteiger partial charge >= 0.3 is 0 Å². The van der Waals surface area contributed by atoms with E-state index in [-0.39, 0.29) is 0 Å². The van der Waals surface area contributed by atoms with E-state index in [1.807, 2.05) is 36.2 Å². The van der Waals surface area contributed by atoms with Gasteiger partial charge in [-0.05, 0) is 18.2 Å². The maximum atomic E-state index is 5.86. The van der Waals surface area contributed by atoms with E-state index in [0.29, 0.717) is 11.6 Å². The number of hydrogen-bond acceptors (Lipinski definition) is 4. The Labute approximate surface area is 88.4 Å². The van der Waals surface area contributed by atoms with Crippen LogP contribution in [0.5, 0.6) is 0 Å². The van der Waals surface area contributed by atoms with E-state index >= 15 is 0 Å². The molecule has 15 heavy (non-hydrogen) atoms. The second kappa shape index (κ2) is 3.96. The molecule has 4 nitrogen and oxygen atoms in total. The predicted molar refractivity (Wildman–Crippen MR) is 60.9 cm³/mol. The molecule has 0 spiro atoms. The molecule has 1 heterocycles. The first kappa shape index (κ1) is 9.45. The lowest BCUT2D eigenvalue weighted by Crippen LogP contribution is -2.14. The number of nitrogen functional groups attached to an aromatic ring is 1. The van der Waals surface area contributed by atoms with Gasteiger partial charge in [-0.25, -0.2) is 9.97 Å². The highest BCUT2D eigenvalue weighted by atomic mass is 15.2. The molecule has 2 N–H and O–H groups in total. The molecular formula is C11H12N4. The molecule has 0 saturated carbocycles. The van der Waals surface area contributed by atoms with Crippen LogP contribution >= 0.6 is 0 Å². The Bertz CT molecular complexity index is 441. The number of para-hydroxylation sites is 2. The van der Waals surface area contributed by atoms with E-state index in [1.165, 1.54) is 0 Å². The fourth-order valence-corrected chi connectivity index (χ4v) is 1.37. The highest BCUT2D eigenvalue weighted by molar-refractivity contribution is 5.71. The smallest absolute Gasteiger partial charge is 0.229 e. The Hall–Kier alpha value is -2.10. The van der Waals surface area contributed by atoms with Crippen LogP contribution < -0.4 is 10.6 Å². The fourth-order valence-electron chi connectivity index (χ4n) is 1.37. The van der Waals surface area contributed by atoms with Gasteiger partial charge in [0.1, 0.15) is 0 Å². The summed E-state index contributed by atoms with van der Waals surface area (Å²) in [7, 11) is 1.89. The van der Waals surface area contributed by atoms with Crippen LogP contribution in [0.4, 0.5) is 17.3 Å². The number of aromatic nitrogens is 2. The van der Waals surface area contributed by atoms with E-state index < -0.39 is 0 Å². The fraction of sp³-hybridized carbons (Fsp3) is 0.0909. The van der Waals surface area contributed by atoms with E-state index in [4.69, 9.17) is 5.73 Å². The third kappa shape index (κ3) is 1.88.